The Morgan fingerprint density at radius 2 is 1.75 bits per heavy atom. The SMILES string of the molecule is COc1cc([N+](=O)[O-])ccc1NC(=S)Nc1c(C)cc(C)cc1C. The van der Waals surface area contributed by atoms with Gasteiger partial charge < -0.3 is 15.4 Å². The summed E-state index contributed by atoms with van der Waals surface area (Å²) in [6, 6.07) is 8.47. The van der Waals surface area contributed by atoms with Gasteiger partial charge in [0.2, 0.25) is 0 Å². The maximum absolute atomic E-state index is 10.8. The first-order chi connectivity index (χ1) is 11.3. The van der Waals surface area contributed by atoms with E-state index in [1.54, 1.807) is 6.07 Å². The smallest absolute Gasteiger partial charge is 0.273 e. The third-order valence-electron chi connectivity index (χ3n) is 3.56. The predicted molar refractivity (Wildman–Crippen MR) is 100 cm³/mol. The van der Waals surface area contributed by atoms with Crippen molar-refractivity contribution in [3.8, 4) is 5.75 Å². The number of nitrogens with one attached hydrogen (secondary N) is 2. The normalized spacial score (nSPS) is 10.2. The van der Waals surface area contributed by atoms with E-state index < -0.39 is 4.92 Å². The minimum Gasteiger partial charge on any atom is -0.494 e. The summed E-state index contributed by atoms with van der Waals surface area (Å²) in [7, 11) is 1.45. The second-order valence-corrected chi connectivity index (χ2v) is 5.90. The molecule has 0 saturated heterocycles. The summed E-state index contributed by atoms with van der Waals surface area (Å²) in [5.74, 6) is 0.353. The molecule has 0 bridgehead atoms. The number of nitro groups is 1. The lowest BCUT2D eigenvalue weighted by atomic mass is 10.1. The molecule has 2 aromatic carbocycles. The van der Waals surface area contributed by atoms with Crippen LogP contribution in [-0.2, 0) is 0 Å². The highest BCUT2D eigenvalue weighted by Gasteiger charge is 2.13. The molecule has 2 N–H and O–H groups in total. The minimum atomic E-state index is -0.470. The number of thiocarbonyl (C=S) groups is 1. The fourth-order valence-electron chi connectivity index (χ4n) is 2.54. The molecule has 0 saturated carbocycles. The fourth-order valence-corrected chi connectivity index (χ4v) is 2.75. The molecule has 2 rings (SSSR count). The molecule has 0 atom stereocenters. The van der Waals surface area contributed by atoms with Crippen LogP contribution in [0.5, 0.6) is 5.75 Å². The molecule has 24 heavy (non-hydrogen) atoms. The standard InChI is InChI=1S/C17H19N3O3S/c1-10-7-11(2)16(12(3)8-10)19-17(24)18-14-6-5-13(20(21)22)9-15(14)23-4/h5-9H,1-4H3,(H2,18,19,24). The van der Waals surface area contributed by atoms with E-state index >= 15 is 0 Å². The van der Waals surface area contributed by atoms with E-state index in [4.69, 9.17) is 17.0 Å². The number of nitro benzene ring substituents is 1. The number of non-ortho nitro benzene ring substituents is 1. The summed E-state index contributed by atoms with van der Waals surface area (Å²) >= 11 is 5.35. The number of aryl methyl sites for hydroxylation is 3. The van der Waals surface area contributed by atoms with Gasteiger partial charge in [0.05, 0.1) is 23.8 Å². The Kier molecular flexibility index (Phi) is 5.35. The van der Waals surface area contributed by atoms with Gasteiger partial charge >= 0.3 is 0 Å². The largest absolute Gasteiger partial charge is 0.494 e. The molecule has 0 radical (unpaired) electrons. The van der Waals surface area contributed by atoms with Gasteiger partial charge in [-0.25, -0.2) is 0 Å². The molecule has 0 fully saturated rings. The van der Waals surface area contributed by atoms with E-state index in [-0.39, 0.29) is 5.69 Å². The molecule has 0 aliphatic rings. The molecule has 2 aromatic rings. The summed E-state index contributed by atoms with van der Waals surface area (Å²) in [4.78, 5) is 10.4. The van der Waals surface area contributed by atoms with Crippen LogP contribution in [0.25, 0.3) is 0 Å². The van der Waals surface area contributed by atoms with Crippen molar-refractivity contribution in [3.63, 3.8) is 0 Å². The maximum atomic E-state index is 10.8. The van der Waals surface area contributed by atoms with Gasteiger partial charge in [0.1, 0.15) is 5.75 Å². The van der Waals surface area contributed by atoms with Crippen molar-refractivity contribution in [2.45, 2.75) is 20.8 Å². The molecule has 6 nitrogen and oxygen atoms in total. The molecule has 0 unspecified atom stereocenters. The van der Waals surface area contributed by atoms with Gasteiger partial charge in [-0.15, -0.1) is 0 Å². The maximum Gasteiger partial charge on any atom is 0.273 e. The number of rotatable bonds is 4. The van der Waals surface area contributed by atoms with Crippen molar-refractivity contribution in [2.75, 3.05) is 17.7 Å². The van der Waals surface area contributed by atoms with E-state index in [0.29, 0.717) is 16.5 Å². The second kappa shape index (κ2) is 7.27. The lowest BCUT2D eigenvalue weighted by Gasteiger charge is -2.17. The van der Waals surface area contributed by atoms with Crippen LogP contribution in [-0.4, -0.2) is 17.1 Å². The zero-order chi connectivity index (χ0) is 17.9. The van der Waals surface area contributed by atoms with E-state index in [1.807, 2.05) is 20.8 Å². The molecular weight excluding hydrogens is 326 g/mol. The van der Waals surface area contributed by atoms with Gasteiger partial charge in [-0.05, 0) is 50.2 Å². The van der Waals surface area contributed by atoms with E-state index in [0.717, 1.165) is 16.8 Å². The first-order valence-electron chi connectivity index (χ1n) is 7.30. The second-order valence-electron chi connectivity index (χ2n) is 5.49. The Morgan fingerprint density at radius 1 is 1.12 bits per heavy atom. The Hall–Kier alpha value is -2.67. The average molecular weight is 345 g/mol. The van der Waals surface area contributed by atoms with Crippen LogP contribution in [0.15, 0.2) is 30.3 Å². The summed E-state index contributed by atoms with van der Waals surface area (Å²) in [6.07, 6.45) is 0. The topological polar surface area (TPSA) is 76.4 Å². The molecule has 0 aliphatic heterocycles. The van der Waals surface area contributed by atoms with Crippen molar-refractivity contribution < 1.29 is 9.66 Å². The monoisotopic (exact) mass is 345 g/mol. The Morgan fingerprint density at radius 3 is 2.29 bits per heavy atom. The van der Waals surface area contributed by atoms with Crippen LogP contribution >= 0.6 is 12.2 Å². The van der Waals surface area contributed by atoms with Gasteiger partial charge in [0.25, 0.3) is 5.69 Å². The third kappa shape index (κ3) is 3.99. The number of hydrogen-bond donors (Lipinski definition) is 2. The number of hydrogen-bond acceptors (Lipinski definition) is 4. The van der Waals surface area contributed by atoms with E-state index in [9.17, 15) is 10.1 Å². The van der Waals surface area contributed by atoms with Crippen LogP contribution < -0.4 is 15.4 Å². The average Bonchev–Trinajstić information content (AvgIpc) is 2.51. The summed E-state index contributed by atoms with van der Waals surface area (Å²) in [5.41, 5.74) is 4.83. The molecule has 0 heterocycles. The van der Waals surface area contributed by atoms with Gasteiger partial charge in [-0.3, -0.25) is 10.1 Å². The van der Waals surface area contributed by atoms with E-state index in [2.05, 4.69) is 22.8 Å². The Bertz CT molecular complexity index is 783. The zero-order valence-corrected chi connectivity index (χ0v) is 14.8. The number of anilines is 2. The fraction of sp³-hybridized carbons (Fsp3) is 0.235. The number of methoxy groups -OCH3 is 1. The van der Waals surface area contributed by atoms with Crippen LogP contribution in [0.4, 0.5) is 17.1 Å². The summed E-state index contributed by atoms with van der Waals surface area (Å²) in [6.45, 7) is 6.07. The summed E-state index contributed by atoms with van der Waals surface area (Å²) in [5, 5.41) is 17.4. The third-order valence-corrected chi connectivity index (χ3v) is 3.76. The van der Waals surface area contributed by atoms with Crippen molar-refractivity contribution >= 4 is 34.4 Å². The molecular formula is C17H19N3O3S. The van der Waals surface area contributed by atoms with Gasteiger partial charge in [0.15, 0.2) is 5.11 Å². The van der Waals surface area contributed by atoms with E-state index in [1.165, 1.54) is 24.8 Å². The lowest BCUT2D eigenvalue weighted by molar-refractivity contribution is -0.384. The number of benzene rings is 2. The Balaban J connectivity index is 2.20. The van der Waals surface area contributed by atoms with Crippen molar-refractivity contribution in [1.82, 2.24) is 0 Å². The quantitative estimate of drug-likeness (QED) is 0.488. The highest BCUT2D eigenvalue weighted by atomic mass is 32.1. The Labute approximate surface area is 146 Å². The zero-order valence-electron chi connectivity index (χ0n) is 14.0. The lowest BCUT2D eigenvalue weighted by Crippen LogP contribution is -2.20. The molecule has 0 spiro atoms. The first kappa shape index (κ1) is 17.7. The molecule has 0 aromatic heterocycles. The van der Waals surface area contributed by atoms with Crippen LogP contribution in [0.2, 0.25) is 0 Å². The van der Waals surface area contributed by atoms with Crippen molar-refractivity contribution in [1.29, 1.82) is 0 Å². The summed E-state index contributed by atoms with van der Waals surface area (Å²) < 4.78 is 5.20. The van der Waals surface area contributed by atoms with Crippen LogP contribution in [0, 0.1) is 30.9 Å². The first-order valence-corrected chi connectivity index (χ1v) is 7.71. The van der Waals surface area contributed by atoms with Crippen LogP contribution in [0.3, 0.4) is 0 Å². The molecule has 0 aliphatic carbocycles. The highest BCUT2D eigenvalue weighted by Crippen LogP contribution is 2.29. The minimum absolute atomic E-state index is 0.0403. The number of ether oxygens (including phenoxy) is 1. The van der Waals surface area contributed by atoms with Gasteiger partial charge in [-0.2, -0.15) is 0 Å². The van der Waals surface area contributed by atoms with Crippen molar-refractivity contribution in [3.05, 3.63) is 57.1 Å². The molecule has 0 amide bonds. The number of nitrogens with zero attached hydrogens (tertiary/aromatic N) is 1. The van der Waals surface area contributed by atoms with Crippen LogP contribution in [0.1, 0.15) is 16.7 Å². The van der Waals surface area contributed by atoms with Crippen molar-refractivity contribution in [2.24, 2.45) is 0 Å². The molecule has 126 valence electrons. The van der Waals surface area contributed by atoms with Gasteiger partial charge in [-0.1, -0.05) is 17.7 Å². The highest BCUT2D eigenvalue weighted by molar-refractivity contribution is 7.80. The molecule has 7 heteroatoms. The predicted octanol–water partition coefficient (Wildman–Crippen LogP) is 4.34. The van der Waals surface area contributed by atoms with Gasteiger partial charge in [0, 0.05) is 11.8 Å².